The van der Waals surface area contributed by atoms with Crippen LogP contribution in [0.15, 0.2) is 42.5 Å². The van der Waals surface area contributed by atoms with E-state index in [4.69, 9.17) is 9.47 Å². The first-order valence-electron chi connectivity index (χ1n) is 8.27. The smallest absolute Gasteiger partial charge is 0.227 e. The summed E-state index contributed by atoms with van der Waals surface area (Å²) in [6, 6.07) is 13.0. The van der Waals surface area contributed by atoms with Gasteiger partial charge < -0.3 is 14.4 Å². The minimum absolute atomic E-state index is 0.0229. The average molecular weight is 339 g/mol. The van der Waals surface area contributed by atoms with E-state index in [2.05, 4.69) is 0 Å². The molecule has 0 atom stereocenters. The van der Waals surface area contributed by atoms with Crippen molar-refractivity contribution in [2.75, 3.05) is 25.7 Å². The molecule has 0 saturated heterocycles. The number of ether oxygens (including phenoxy) is 2. The van der Waals surface area contributed by atoms with Crippen molar-refractivity contribution < 1.29 is 19.1 Å². The maximum absolute atomic E-state index is 12.7. The first kappa shape index (κ1) is 17.0. The van der Waals surface area contributed by atoms with Gasteiger partial charge in [-0.2, -0.15) is 0 Å². The van der Waals surface area contributed by atoms with Gasteiger partial charge in [0, 0.05) is 24.9 Å². The third-order valence-corrected chi connectivity index (χ3v) is 4.43. The second-order valence-corrected chi connectivity index (χ2v) is 5.93. The lowest BCUT2D eigenvalue weighted by atomic mass is 9.99. The lowest BCUT2D eigenvalue weighted by Crippen LogP contribution is -2.37. The highest BCUT2D eigenvalue weighted by Gasteiger charge is 2.26. The van der Waals surface area contributed by atoms with E-state index in [1.807, 2.05) is 36.4 Å². The molecule has 5 heteroatoms. The highest BCUT2D eigenvalue weighted by Crippen LogP contribution is 2.29. The quantitative estimate of drug-likeness (QED) is 0.839. The lowest BCUT2D eigenvalue weighted by Gasteiger charge is -2.28. The third kappa shape index (κ3) is 3.50. The Morgan fingerprint density at radius 1 is 1.08 bits per heavy atom. The summed E-state index contributed by atoms with van der Waals surface area (Å²) in [6.07, 6.45) is 1.35. The van der Waals surface area contributed by atoms with E-state index >= 15 is 0 Å². The first-order chi connectivity index (χ1) is 12.1. The number of fused-ring (bicyclic) bond motifs is 1. The van der Waals surface area contributed by atoms with Crippen LogP contribution in [0, 0.1) is 0 Å². The SMILES string of the molecule is COc1ccc(CCC(=O)N2CCC(=O)c3ccccc32)cc1OC. The Morgan fingerprint density at radius 3 is 2.60 bits per heavy atom. The number of benzene rings is 2. The summed E-state index contributed by atoms with van der Waals surface area (Å²) in [5.41, 5.74) is 2.36. The van der Waals surface area contributed by atoms with Crippen LogP contribution in [0.5, 0.6) is 11.5 Å². The summed E-state index contributed by atoms with van der Waals surface area (Å²) in [5, 5.41) is 0. The number of hydrogen-bond donors (Lipinski definition) is 0. The van der Waals surface area contributed by atoms with E-state index in [0.29, 0.717) is 42.9 Å². The van der Waals surface area contributed by atoms with Crippen molar-refractivity contribution in [1.29, 1.82) is 0 Å². The summed E-state index contributed by atoms with van der Waals surface area (Å²) in [5.74, 6) is 1.44. The molecule has 1 aliphatic heterocycles. The molecule has 0 unspecified atom stereocenters. The zero-order valence-corrected chi connectivity index (χ0v) is 14.5. The van der Waals surface area contributed by atoms with Crippen LogP contribution >= 0.6 is 0 Å². The zero-order chi connectivity index (χ0) is 17.8. The molecular weight excluding hydrogens is 318 g/mol. The maximum Gasteiger partial charge on any atom is 0.227 e. The van der Waals surface area contributed by atoms with Crippen molar-refractivity contribution in [3.8, 4) is 11.5 Å². The molecular formula is C20H21NO4. The summed E-state index contributed by atoms with van der Waals surface area (Å²) in [6.45, 7) is 0.445. The molecule has 0 aliphatic carbocycles. The number of Topliss-reactive ketones (excluding diaryl/α,β-unsaturated/α-hetero) is 1. The fraction of sp³-hybridized carbons (Fsp3) is 0.300. The number of para-hydroxylation sites is 1. The molecule has 2 aromatic carbocycles. The number of carbonyl (C=O) groups excluding carboxylic acids is 2. The average Bonchev–Trinajstić information content (AvgIpc) is 2.66. The Labute approximate surface area is 147 Å². The van der Waals surface area contributed by atoms with Crippen molar-refractivity contribution in [1.82, 2.24) is 0 Å². The highest BCUT2D eigenvalue weighted by atomic mass is 16.5. The van der Waals surface area contributed by atoms with E-state index in [9.17, 15) is 9.59 Å². The molecule has 1 amide bonds. The van der Waals surface area contributed by atoms with E-state index in [1.54, 1.807) is 25.2 Å². The molecule has 1 heterocycles. The van der Waals surface area contributed by atoms with Gasteiger partial charge in [0.05, 0.1) is 19.9 Å². The lowest BCUT2D eigenvalue weighted by molar-refractivity contribution is -0.118. The van der Waals surface area contributed by atoms with Crippen molar-refractivity contribution in [3.05, 3.63) is 53.6 Å². The summed E-state index contributed by atoms with van der Waals surface area (Å²) in [7, 11) is 3.19. The molecule has 3 rings (SSSR count). The maximum atomic E-state index is 12.7. The number of nitrogens with zero attached hydrogens (tertiary/aromatic N) is 1. The number of hydrogen-bond acceptors (Lipinski definition) is 4. The Kier molecular flexibility index (Phi) is 5.03. The highest BCUT2D eigenvalue weighted by molar-refractivity contribution is 6.08. The van der Waals surface area contributed by atoms with E-state index in [-0.39, 0.29) is 11.7 Å². The molecule has 25 heavy (non-hydrogen) atoms. The van der Waals surface area contributed by atoms with Crippen molar-refractivity contribution in [3.63, 3.8) is 0 Å². The number of amides is 1. The molecule has 0 fully saturated rings. The van der Waals surface area contributed by atoms with E-state index < -0.39 is 0 Å². The van der Waals surface area contributed by atoms with Crippen LogP contribution in [0.1, 0.15) is 28.8 Å². The number of methoxy groups -OCH3 is 2. The predicted molar refractivity (Wildman–Crippen MR) is 95.6 cm³/mol. The van der Waals surface area contributed by atoms with Gasteiger partial charge in [0.15, 0.2) is 17.3 Å². The molecule has 2 aromatic rings. The van der Waals surface area contributed by atoms with Gasteiger partial charge in [-0.15, -0.1) is 0 Å². The topological polar surface area (TPSA) is 55.8 Å². The van der Waals surface area contributed by atoms with Gasteiger partial charge in [-0.25, -0.2) is 0 Å². The van der Waals surface area contributed by atoms with Crippen LogP contribution in [0.25, 0.3) is 0 Å². The standard InChI is InChI=1S/C20H21NO4/c1-24-18-9-7-14(13-19(18)25-2)8-10-20(23)21-12-11-17(22)15-5-3-4-6-16(15)21/h3-7,9,13H,8,10-12H2,1-2H3. The molecule has 0 spiro atoms. The molecule has 0 radical (unpaired) electrons. The van der Waals surface area contributed by atoms with E-state index in [1.165, 1.54) is 0 Å². The fourth-order valence-electron chi connectivity index (χ4n) is 3.09. The number of aryl methyl sites for hydroxylation is 1. The largest absolute Gasteiger partial charge is 0.493 e. The third-order valence-electron chi connectivity index (χ3n) is 4.43. The van der Waals surface area contributed by atoms with Crippen molar-refractivity contribution in [2.45, 2.75) is 19.3 Å². The molecule has 0 aromatic heterocycles. The minimum Gasteiger partial charge on any atom is -0.493 e. The predicted octanol–water partition coefficient (Wildman–Crippen LogP) is 3.26. The first-order valence-corrected chi connectivity index (χ1v) is 8.27. The molecule has 1 aliphatic rings. The Balaban J connectivity index is 1.71. The van der Waals surface area contributed by atoms with Gasteiger partial charge in [-0.3, -0.25) is 9.59 Å². The second-order valence-electron chi connectivity index (χ2n) is 5.93. The van der Waals surface area contributed by atoms with Gasteiger partial charge >= 0.3 is 0 Å². The van der Waals surface area contributed by atoms with Gasteiger partial charge in [-0.05, 0) is 36.2 Å². The summed E-state index contributed by atoms with van der Waals surface area (Å²) >= 11 is 0. The molecule has 0 N–H and O–H groups in total. The van der Waals surface area contributed by atoms with Crippen LogP contribution in [0.4, 0.5) is 5.69 Å². The number of carbonyl (C=O) groups is 2. The van der Waals surface area contributed by atoms with Crippen LogP contribution in [-0.2, 0) is 11.2 Å². The molecule has 130 valence electrons. The molecule has 0 bridgehead atoms. The van der Waals surface area contributed by atoms with Crippen LogP contribution in [0.3, 0.4) is 0 Å². The minimum atomic E-state index is 0.0229. The summed E-state index contributed by atoms with van der Waals surface area (Å²) in [4.78, 5) is 26.4. The second kappa shape index (κ2) is 7.38. The Hall–Kier alpha value is -2.82. The zero-order valence-electron chi connectivity index (χ0n) is 14.5. The summed E-state index contributed by atoms with van der Waals surface area (Å²) < 4.78 is 10.5. The number of anilines is 1. The van der Waals surface area contributed by atoms with Crippen LogP contribution < -0.4 is 14.4 Å². The van der Waals surface area contributed by atoms with Crippen LogP contribution in [-0.4, -0.2) is 32.5 Å². The number of rotatable bonds is 5. The van der Waals surface area contributed by atoms with E-state index in [0.717, 1.165) is 11.3 Å². The monoisotopic (exact) mass is 339 g/mol. The normalized spacial score (nSPS) is 13.4. The fourth-order valence-corrected chi connectivity index (χ4v) is 3.09. The molecule has 5 nitrogen and oxygen atoms in total. The van der Waals surface area contributed by atoms with Gasteiger partial charge in [-0.1, -0.05) is 18.2 Å². The Morgan fingerprint density at radius 2 is 1.84 bits per heavy atom. The van der Waals surface area contributed by atoms with Gasteiger partial charge in [0.1, 0.15) is 0 Å². The Bertz CT molecular complexity index is 800. The van der Waals surface area contributed by atoms with Gasteiger partial charge in [0.25, 0.3) is 0 Å². The van der Waals surface area contributed by atoms with Gasteiger partial charge in [0.2, 0.25) is 5.91 Å². The van der Waals surface area contributed by atoms with Crippen molar-refractivity contribution in [2.24, 2.45) is 0 Å². The van der Waals surface area contributed by atoms with Crippen LogP contribution in [0.2, 0.25) is 0 Å². The molecule has 0 saturated carbocycles. The number of ketones is 1. The van der Waals surface area contributed by atoms with Crippen molar-refractivity contribution >= 4 is 17.4 Å².